The van der Waals surface area contributed by atoms with Gasteiger partial charge in [0.15, 0.2) is 0 Å². The molecular formula is C14H13ClN4O2S. The van der Waals surface area contributed by atoms with Crippen molar-refractivity contribution in [1.82, 2.24) is 4.72 Å². The molecular weight excluding hydrogens is 324 g/mol. The smallest absolute Gasteiger partial charge is 0.210 e. The average Bonchev–Trinajstić information content (AvgIpc) is 2.53. The molecule has 0 radical (unpaired) electrons. The Morgan fingerprint density at radius 3 is 2.36 bits per heavy atom. The van der Waals surface area contributed by atoms with Crippen molar-refractivity contribution in [2.75, 3.05) is 6.54 Å². The van der Waals surface area contributed by atoms with Gasteiger partial charge in [-0.15, -0.1) is 0 Å². The Bertz CT molecular complexity index is 772. The Morgan fingerprint density at radius 2 is 1.77 bits per heavy atom. The maximum Gasteiger partial charge on any atom is 0.240 e. The van der Waals surface area contributed by atoms with Crippen molar-refractivity contribution in [3.63, 3.8) is 0 Å². The SMILES string of the molecule is [N-]=[N+]=NC(CNS(=O)(=O)c1ccc(Cl)cc1)c1ccccc1. The standard InChI is InChI=1S/C14H13ClN4O2S/c15-12-6-8-13(9-7-12)22(20,21)17-10-14(18-19-16)11-4-2-1-3-5-11/h1-9,14,17H,10H2. The fourth-order valence-electron chi connectivity index (χ4n) is 1.85. The van der Waals surface area contributed by atoms with Crippen molar-refractivity contribution < 1.29 is 8.42 Å². The zero-order valence-electron chi connectivity index (χ0n) is 11.4. The number of halogens is 1. The first kappa shape index (κ1) is 16.3. The minimum atomic E-state index is -3.69. The van der Waals surface area contributed by atoms with Crippen molar-refractivity contribution in [1.29, 1.82) is 0 Å². The van der Waals surface area contributed by atoms with Gasteiger partial charge in [-0.05, 0) is 35.4 Å². The van der Waals surface area contributed by atoms with Crippen LogP contribution in [0.25, 0.3) is 10.4 Å². The predicted molar refractivity (Wildman–Crippen MR) is 85.0 cm³/mol. The van der Waals surface area contributed by atoms with Crippen LogP contribution < -0.4 is 4.72 Å². The van der Waals surface area contributed by atoms with Gasteiger partial charge >= 0.3 is 0 Å². The first-order valence-corrected chi connectivity index (χ1v) is 8.23. The minimum Gasteiger partial charge on any atom is -0.210 e. The van der Waals surface area contributed by atoms with Crippen LogP contribution in [0.5, 0.6) is 0 Å². The number of rotatable bonds is 6. The summed E-state index contributed by atoms with van der Waals surface area (Å²) in [7, 11) is -3.69. The lowest BCUT2D eigenvalue weighted by Gasteiger charge is -2.13. The van der Waals surface area contributed by atoms with E-state index in [0.29, 0.717) is 5.02 Å². The number of hydrogen-bond donors (Lipinski definition) is 1. The highest BCUT2D eigenvalue weighted by Crippen LogP contribution is 2.18. The first-order valence-electron chi connectivity index (χ1n) is 6.37. The van der Waals surface area contributed by atoms with Gasteiger partial charge in [-0.25, -0.2) is 13.1 Å². The predicted octanol–water partition coefficient (Wildman–Crippen LogP) is 3.67. The van der Waals surface area contributed by atoms with Gasteiger partial charge in [-0.2, -0.15) is 0 Å². The van der Waals surface area contributed by atoms with Crippen LogP contribution in [0, 0.1) is 0 Å². The number of hydrogen-bond acceptors (Lipinski definition) is 3. The van der Waals surface area contributed by atoms with E-state index in [-0.39, 0.29) is 11.4 Å². The van der Waals surface area contributed by atoms with Gasteiger partial charge < -0.3 is 0 Å². The second kappa shape index (κ2) is 7.29. The molecule has 2 aromatic carbocycles. The van der Waals surface area contributed by atoms with Crippen LogP contribution >= 0.6 is 11.6 Å². The number of azide groups is 1. The van der Waals surface area contributed by atoms with E-state index in [9.17, 15) is 8.42 Å². The maximum absolute atomic E-state index is 12.2. The zero-order valence-corrected chi connectivity index (χ0v) is 13.0. The molecule has 1 N–H and O–H groups in total. The van der Waals surface area contributed by atoms with E-state index >= 15 is 0 Å². The lowest BCUT2D eigenvalue weighted by atomic mass is 10.1. The summed E-state index contributed by atoms with van der Waals surface area (Å²) >= 11 is 5.74. The molecule has 114 valence electrons. The second-order valence-electron chi connectivity index (χ2n) is 4.44. The topological polar surface area (TPSA) is 94.9 Å². The quantitative estimate of drug-likeness (QED) is 0.495. The molecule has 8 heteroatoms. The summed E-state index contributed by atoms with van der Waals surface area (Å²) in [4.78, 5) is 2.87. The highest BCUT2D eigenvalue weighted by atomic mass is 35.5. The normalized spacial score (nSPS) is 12.4. The second-order valence-corrected chi connectivity index (χ2v) is 6.64. The van der Waals surface area contributed by atoms with E-state index in [1.165, 1.54) is 24.3 Å². The summed E-state index contributed by atoms with van der Waals surface area (Å²) in [5.41, 5.74) is 9.38. The fraction of sp³-hybridized carbons (Fsp3) is 0.143. The molecule has 0 aromatic heterocycles. The van der Waals surface area contributed by atoms with Crippen molar-refractivity contribution in [3.8, 4) is 0 Å². The average molecular weight is 337 g/mol. The molecule has 1 atom stereocenters. The monoisotopic (exact) mass is 336 g/mol. The Hall–Kier alpha value is -2.05. The molecule has 22 heavy (non-hydrogen) atoms. The molecule has 0 aliphatic rings. The number of nitrogens with zero attached hydrogens (tertiary/aromatic N) is 3. The molecule has 0 saturated carbocycles. The third kappa shape index (κ3) is 4.22. The minimum absolute atomic E-state index is 0.0287. The summed E-state index contributed by atoms with van der Waals surface area (Å²) in [5.74, 6) is 0. The molecule has 0 fully saturated rings. The van der Waals surface area contributed by atoms with E-state index in [1.807, 2.05) is 6.07 Å². The van der Waals surface area contributed by atoms with Gasteiger partial charge in [0, 0.05) is 16.5 Å². The third-order valence-corrected chi connectivity index (χ3v) is 4.66. The lowest BCUT2D eigenvalue weighted by molar-refractivity contribution is 0.572. The van der Waals surface area contributed by atoms with Gasteiger partial charge in [0.05, 0.1) is 10.9 Å². The Balaban J connectivity index is 2.15. The molecule has 0 spiro atoms. The highest BCUT2D eigenvalue weighted by molar-refractivity contribution is 7.89. The Morgan fingerprint density at radius 1 is 1.14 bits per heavy atom. The Kier molecular flexibility index (Phi) is 5.41. The summed E-state index contributed by atoms with van der Waals surface area (Å²) in [6.45, 7) is -0.0287. The zero-order chi connectivity index (χ0) is 16.0. The molecule has 6 nitrogen and oxygen atoms in total. The highest BCUT2D eigenvalue weighted by Gasteiger charge is 2.17. The number of sulfonamides is 1. The van der Waals surface area contributed by atoms with Crippen molar-refractivity contribution in [2.45, 2.75) is 10.9 Å². The van der Waals surface area contributed by atoms with Crippen LogP contribution in [-0.4, -0.2) is 15.0 Å². The van der Waals surface area contributed by atoms with E-state index in [1.54, 1.807) is 24.3 Å². The molecule has 1 unspecified atom stereocenters. The van der Waals surface area contributed by atoms with Gasteiger partial charge in [-0.1, -0.05) is 47.0 Å². The number of nitrogens with one attached hydrogen (secondary N) is 1. The van der Waals surface area contributed by atoms with Crippen LogP contribution in [0.4, 0.5) is 0 Å². The molecule has 0 amide bonds. The Labute approximate surface area is 133 Å². The van der Waals surface area contributed by atoms with Crippen molar-refractivity contribution in [3.05, 3.63) is 75.6 Å². The molecule has 0 bridgehead atoms. The van der Waals surface area contributed by atoms with E-state index in [0.717, 1.165) is 5.56 Å². The van der Waals surface area contributed by atoms with E-state index in [4.69, 9.17) is 17.1 Å². The summed E-state index contributed by atoms with van der Waals surface area (Å²) in [5, 5.41) is 4.09. The van der Waals surface area contributed by atoms with E-state index < -0.39 is 16.1 Å². The van der Waals surface area contributed by atoms with Crippen LogP contribution in [0.1, 0.15) is 11.6 Å². The van der Waals surface area contributed by atoms with Gasteiger partial charge in [0.2, 0.25) is 10.0 Å². The lowest BCUT2D eigenvalue weighted by Crippen LogP contribution is -2.27. The van der Waals surface area contributed by atoms with Crippen LogP contribution in [0.3, 0.4) is 0 Å². The van der Waals surface area contributed by atoms with Crippen LogP contribution in [0.15, 0.2) is 64.6 Å². The molecule has 0 aliphatic carbocycles. The third-order valence-electron chi connectivity index (χ3n) is 2.97. The number of benzene rings is 2. The van der Waals surface area contributed by atoms with Crippen LogP contribution in [-0.2, 0) is 10.0 Å². The molecule has 2 aromatic rings. The van der Waals surface area contributed by atoms with Gasteiger partial charge in [0.25, 0.3) is 0 Å². The van der Waals surface area contributed by atoms with Crippen molar-refractivity contribution >= 4 is 21.6 Å². The maximum atomic E-state index is 12.2. The van der Waals surface area contributed by atoms with Crippen LogP contribution in [0.2, 0.25) is 5.02 Å². The van der Waals surface area contributed by atoms with Gasteiger partial charge in [-0.3, -0.25) is 0 Å². The summed E-state index contributed by atoms with van der Waals surface area (Å²) < 4.78 is 26.8. The fourth-order valence-corrected chi connectivity index (χ4v) is 3.01. The van der Waals surface area contributed by atoms with Crippen molar-refractivity contribution in [2.24, 2.45) is 5.11 Å². The summed E-state index contributed by atoms with van der Waals surface area (Å²) in [6, 6.07) is 14.2. The molecule has 0 saturated heterocycles. The van der Waals surface area contributed by atoms with E-state index in [2.05, 4.69) is 14.7 Å². The molecule has 0 heterocycles. The molecule has 2 rings (SSSR count). The largest absolute Gasteiger partial charge is 0.240 e. The molecule has 0 aliphatic heterocycles. The van der Waals surface area contributed by atoms with Gasteiger partial charge in [0.1, 0.15) is 0 Å². The first-order chi connectivity index (χ1) is 10.5. The summed E-state index contributed by atoms with van der Waals surface area (Å²) in [6.07, 6.45) is 0.